The van der Waals surface area contributed by atoms with Crippen molar-refractivity contribution in [1.82, 2.24) is 0 Å². The van der Waals surface area contributed by atoms with Gasteiger partial charge in [0.1, 0.15) is 5.82 Å². The lowest BCUT2D eigenvalue weighted by Crippen LogP contribution is -2.31. The molecule has 1 fully saturated rings. The van der Waals surface area contributed by atoms with Crippen molar-refractivity contribution in [2.24, 2.45) is 0 Å². The van der Waals surface area contributed by atoms with E-state index in [4.69, 9.17) is 0 Å². The topological polar surface area (TPSA) is 66.5 Å². The molecule has 0 bridgehead atoms. The molecule has 1 atom stereocenters. The van der Waals surface area contributed by atoms with Gasteiger partial charge in [-0.3, -0.25) is 14.4 Å². The average Bonchev–Trinajstić information content (AvgIpc) is 3.03. The third-order valence-electron chi connectivity index (χ3n) is 4.91. The number of nitrogens with one attached hydrogen (secondary N) is 1. The van der Waals surface area contributed by atoms with Gasteiger partial charge in [0.15, 0.2) is 0 Å². The van der Waals surface area contributed by atoms with Gasteiger partial charge >= 0.3 is 0 Å². The zero-order valence-electron chi connectivity index (χ0n) is 16.7. The van der Waals surface area contributed by atoms with Crippen LogP contribution in [-0.4, -0.2) is 23.0 Å². The number of thioether (sulfide) groups is 1. The van der Waals surface area contributed by atoms with E-state index in [2.05, 4.69) is 5.32 Å². The van der Waals surface area contributed by atoms with Gasteiger partial charge < -0.3 is 5.32 Å². The summed E-state index contributed by atoms with van der Waals surface area (Å²) in [6.45, 7) is 1.94. The van der Waals surface area contributed by atoms with Gasteiger partial charge in [-0.25, -0.2) is 9.29 Å². The average molecular weight is 434 g/mol. The van der Waals surface area contributed by atoms with E-state index in [1.807, 2.05) is 19.1 Å². The number of anilines is 2. The number of imide groups is 1. The van der Waals surface area contributed by atoms with Crippen molar-refractivity contribution in [2.75, 3.05) is 10.2 Å². The van der Waals surface area contributed by atoms with Crippen molar-refractivity contribution >= 4 is 40.9 Å². The molecule has 5 nitrogen and oxygen atoms in total. The van der Waals surface area contributed by atoms with Crippen molar-refractivity contribution in [1.29, 1.82) is 0 Å². The first-order valence-electron chi connectivity index (χ1n) is 9.68. The number of hydrogen-bond acceptors (Lipinski definition) is 4. The maximum absolute atomic E-state index is 13.7. The van der Waals surface area contributed by atoms with Gasteiger partial charge in [-0.1, -0.05) is 29.8 Å². The van der Waals surface area contributed by atoms with Crippen LogP contribution in [0.2, 0.25) is 0 Å². The van der Waals surface area contributed by atoms with Crippen LogP contribution in [0.25, 0.3) is 0 Å². The zero-order chi connectivity index (χ0) is 22.0. The summed E-state index contributed by atoms with van der Waals surface area (Å²) < 4.78 is 13.7. The van der Waals surface area contributed by atoms with Gasteiger partial charge in [0.05, 0.1) is 16.5 Å². The zero-order valence-corrected chi connectivity index (χ0v) is 17.5. The summed E-state index contributed by atoms with van der Waals surface area (Å²) in [5.74, 6) is -1.59. The van der Waals surface area contributed by atoms with Crippen molar-refractivity contribution in [3.05, 3.63) is 89.7 Å². The van der Waals surface area contributed by atoms with Crippen LogP contribution in [0.15, 0.2) is 77.7 Å². The summed E-state index contributed by atoms with van der Waals surface area (Å²) in [6.07, 6.45) is 0.128. The summed E-state index contributed by atoms with van der Waals surface area (Å²) in [5.41, 5.74) is 2.10. The van der Waals surface area contributed by atoms with Gasteiger partial charge in [-0.2, -0.15) is 0 Å². The maximum Gasteiger partial charge on any atom is 0.258 e. The lowest BCUT2D eigenvalue weighted by Gasteiger charge is -2.15. The second kappa shape index (κ2) is 8.73. The Labute approximate surface area is 183 Å². The Morgan fingerprint density at radius 1 is 1.00 bits per heavy atom. The van der Waals surface area contributed by atoms with Crippen LogP contribution in [0, 0.1) is 12.7 Å². The molecule has 0 aliphatic carbocycles. The van der Waals surface area contributed by atoms with E-state index < -0.39 is 17.0 Å². The molecule has 1 N–H and O–H groups in total. The van der Waals surface area contributed by atoms with E-state index in [-0.39, 0.29) is 23.8 Å². The molecule has 1 aliphatic rings. The molecule has 0 radical (unpaired) electrons. The van der Waals surface area contributed by atoms with E-state index in [0.717, 1.165) is 10.5 Å². The summed E-state index contributed by atoms with van der Waals surface area (Å²) in [4.78, 5) is 39.5. The largest absolute Gasteiger partial charge is 0.322 e. The molecule has 3 amide bonds. The number of carbonyl (C=O) groups is 3. The van der Waals surface area contributed by atoms with Crippen molar-refractivity contribution in [3.63, 3.8) is 0 Å². The van der Waals surface area contributed by atoms with E-state index in [1.54, 1.807) is 42.5 Å². The van der Waals surface area contributed by atoms with E-state index in [9.17, 15) is 18.8 Å². The highest BCUT2D eigenvalue weighted by molar-refractivity contribution is 8.00. The quantitative estimate of drug-likeness (QED) is 0.585. The fraction of sp³-hybridized carbons (Fsp3) is 0.125. The second-order valence-corrected chi connectivity index (χ2v) is 8.45. The Morgan fingerprint density at radius 3 is 2.35 bits per heavy atom. The molecule has 1 saturated heterocycles. The number of amides is 3. The van der Waals surface area contributed by atoms with Crippen molar-refractivity contribution < 1.29 is 18.8 Å². The molecular formula is C24H19FN2O3S. The van der Waals surface area contributed by atoms with Gasteiger partial charge in [0.25, 0.3) is 5.91 Å². The van der Waals surface area contributed by atoms with Gasteiger partial charge in [0, 0.05) is 17.0 Å². The molecule has 3 aromatic rings. The Bertz CT molecular complexity index is 1150. The summed E-state index contributed by atoms with van der Waals surface area (Å²) in [7, 11) is 0. The van der Waals surface area contributed by atoms with Crippen molar-refractivity contribution in [2.45, 2.75) is 23.5 Å². The minimum atomic E-state index is -0.588. The molecular weight excluding hydrogens is 415 g/mol. The van der Waals surface area contributed by atoms with Gasteiger partial charge in [-0.15, -0.1) is 11.8 Å². The standard InChI is InChI=1S/C24H19FN2O3S/c1-15-6-10-17(11-7-15)27-22(28)14-21(24(27)30)31-18-12-8-16(9-13-18)26-23(29)19-4-2-3-5-20(19)25/h2-13,21H,14H2,1H3,(H,26,29). The molecule has 1 aliphatic heterocycles. The first-order chi connectivity index (χ1) is 14.9. The van der Waals surface area contributed by atoms with Crippen LogP contribution in [0.4, 0.5) is 15.8 Å². The lowest BCUT2D eigenvalue weighted by atomic mass is 10.2. The van der Waals surface area contributed by atoms with Gasteiger partial charge in [0.2, 0.25) is 11.8 Å². The minimum Gasteiger partial charge on any atom is -0.322 e. The highest BCUT2D eigenvalue weighted by Crippen LogP contribution is 2.34. The SMILES string of the molecule is Cc1ccc(N2C(=O)CC(Sc3ccc(NC(=O)c4ccccc4F)cc3)C2=O)cc1. The fourth-order valence-corrected chi connectivity index (χ4v) is 4.34. The third-order valence-corrected chi connectivity index (χ3v) is 6.10. The Kier molecular flexibility index (Phi) is 5.86. The normalized spacial score (nSPS) is 15.9. The van der Waals surface area contributed by atoms with Crippen molar-refractivity contribution in [3.8, 4) is 0 Å². The first kappa shape index (κ1) is 20.8. The van der Waals surface area contributed by atoms with E-state index in [0.29, 0.717) is 11.4 Å². The molecule has 3 aromatic carbocycles. The smallest absolute Gasteiger partial charge is 0.258 e. The number of nitrogens with zero attached hydrogens (tertiary/aromatic N) is 1. The van der Waals surface area contributed by atoms with Crippen LogP contribution in [0.3, 0.4) is 0 Å². The van der Waals surface area contributed by atoms with Crippen LogP contribution < -0.4 is 10.2 Å². The molecule has 4 rings (SSSR count). The number of halogens is 1. The Balaban J connectivity index is 1.41. The van der Waals surface area contributed by atoms with E-state index in [1.165, 1.54) is 34.9 Å². The number of aryl methyl sites for hydroxylation is 1. The maximum atomic E-state index is 13.7. The molecule has 0 aromatic heterocycles. The monoisotopic (exact) mass is 434 g/mol. The highest BCUT2D eigenvalue weighted by atomic mass is 32.2. The molecule has 0 spiro atoms. The minimum absolute atomic E-state index is 0.0350. The predicted octanol–water partition coefficient (Wildman–Crippen LogP) is 4.81. The number of hydrogen-bond donors (Lipinski definition) is 1. The third kappa shape index (κ3) is 4.51. The predicted molar refractivity (Wildman–Crippen MR) is 119 cm³/mol. The summed E-state index contributed by atoms with van der Waals surface area (Å²) in [5, 5.41) is 2.14. The summed E-state index contributed by atoms with van der Waals surface area (Å²) >= 11 is 1.31. The highest BCUT2D eigenvalue weighted by Gasteiger charge is 2.40. The van der Waals surface area contributed by atoms with Crippen LogP contribution in [-0.2, 0) is 9.59 Å². The molecule has 1 unspecified atom stereocenters. The van der Waals surface area contributed by atoms with Crippen LogP contribution >= 0.6 is 11.8 Å². The molecule has 0 saturated carbocycles. The fourth-order valence-electron chi connectivity index (χ4n) is 3.29. The summed E-state index contributed by atoms with van der Waals surface area (Å²) in [6, 6.07) is 19.9. The molecule has 7 heteroatoms. The second-order valence-electron chi connectivity index (χ2n) is 7.17. The number of benzene rings is 3. The van der Waals surface area contributed by atoms with Crippen LogP contribution in [0.1, 0.15) is 22.3 Å². The first-order valence-corrected chi connectivity index (χ1v) is 10.6. The molecule has 156 valence electrons. The molecule has 31 heavy (non-hydrogen) atoms. The Hall–Kier alpha value is -3.45. The van der Waals surface area contributed by atoms with Crippen LogP contribution in [0.5, 0.6) is 0 Å². The lowest BCUT2D eigenvalue weighted by molar-refractivity contribution is -0.121. The number of carbonyl (C=O) groups excluding carboxylic acids is 3. The van der Waals surface area contributed by atoms with Gasteiger partial charge in [-0.05, 0) is 55.5 Å². The molecule has 1 heterocycles. The van der Waals surface area contributed by atoms with E-state index >= 15 is 0 Å². The Morgan fingerprint density at radius 2 is 1.68 bits per heavy atom. The number of rotatable bonds is 5.